The lowest BCUT2D eigenvalue weighted by atomic mass is 10.1. The standard InChI is InChI=1S/C18H25N3O6/c1-5-13(22)16(24)14(23)8-21-12-7-11(20(3)4)9(2)6-10(12)19-15(17(21)25)18(26)27/h6-7,13-14,16,22-24H,5,8H2,1-4H3,(H,26,27). The summed E-state index contributed by atoms with van der Waals surface area (Å²) in [6, 6.07) is 3.34. The molecule has 2 aromatic rings. The zero-order valence-corrected chi connectivity index (χ0v) is 15.7. The van der Waals surface area contributed by atoms with Crippen LogP contribution in [0.4, 0.5) is 5.69 Å². The highest BCUT2D eigenvalue weighted by Crippen LogP contribution is 2.24. The maximum atomic E-state index is 12.6. The average molecular weight is 379 g/mol. The van der Waals surface area contributed by atoms with Crippen LogP contribution in [0, 0.1) is 6.92 Å². The van der Waals surface area contributed by atoms with Crippen LogP contribution in [-0.2, 0) is 6.54 Å². The Kier molecular flexibility index (Phi) is 6.19. The topological polar surface area (TPSA) is 136 Å². The Bertz CT molecular complexity index is 908. The zero-order valence-electron chi connectivity index (χ0n) is 15.7. The second-order valence-electron chi connectivity index (χ2n) is 6.74. The van der Waals surface area contributed by atoms with Crippen molar-refractivity contribution in [1.29, 1.82) is 0 Å². The van der Waals surface area contributed by atoms with Crippen LogP contribution in [0.1, 0.15) is 29.4 Å². The summed E-state index contributed by atoms with van der Waals surface area (Å²) in [4.78, 5) is 29.8. The van der Waals surface area contributed by atoms with Gasteiger partial charge < -0.3 is 29.9 Å². The number of nitrogens with zero attached hydrogens (tertiary/aromatic N) is 3. The number of fused-ring (bicyclic) bond motifs is 1. The minimum atomic E-state index is -1.48. The number of aromatic carboxylic acids is 1. The third kappa shape index (κ3) is 4.10. The van der Waals surface area contributed by atoms with Crippen molar-refractivity contribution in [3.8, 4) is 0 Å². The van der Waals surface area contributed by atoms with Crippen LogP contribution in [0.3, 0.4) is 0 Å². The van der Waals surface area contributed by atoms with Crippen molar-refractivity contribution in [3.63, 3.8) is 0 Å². The van der Waals surface area contributed by atoms with Crippen molar-refractivity contribution >= 4 is 22.7 Å². The van der Waals surface area contributed by atoms with E-state index in [1.54, 1.807) is 19.1 Å². The molecule has 2 rings (SSSR count). The van der Waals surface area contributed by atoms with Crippen LogP contribution in [0.25, 0.3) is 11.0 Å². The number of anilines is 1. The first-order valence-corrected chi connectivity index (χ1v) is 8.58. The molecular formula is C18H25N3O6. The summed E-state index contributed by atoms with van der Waals surface area (Å²) in [7, 11) is 3.65. The predicted molar refractivity (Wildman–Crippen MR) is 100 cm³/mol. The largest absolute Gasteiger partial charge is 0.476 e. The Morgan fingerprint density at radius 2 is 1.85 bits per heavy atom. The molecule has 0 aliphatic carbocycles. The molecular weight excluding hydrogens is 354 g/mol. The second-order valence-corrected chi connectivity index (χ2v) is 6.74. The highest BCUT2D eigenvalue weighted by atomic mass is 16.4. The van der Waals surface area contributed by atoms with Gasteiger partial charge in [-0.3, -0.25) is 4.79 Å². The van der Waals surface area contributed by atoms with Crippen molar-refractivity contribution in [2.24, 2.45) is 0 Å². The van der Waals surface area contributed by atoms with E-state index in [0.717, 1.165) is 15.8 Å². The number of carbonyl (C=O) groups is 1. The van der Waals surface area contributed by atoms with E-state index in [-0.39, 0.29) is 18.5 Å². The molecule has 0 bridgehead atoms. The zero-order chi connectivity index (χ0) is 20.5. The Morgan fingerprint density at radius 1 is 1.22 bits per heavy atom. The van der Waals surface area contributed by atoms with E-state index in [4.69, 9.17) is 0 Å². The number of aromatic nitrogens is 2. The fraction of sp³-hybridized carbons (Fsp3) is 0.500. The number of aryl methyl sites for hydroxylation is 1. The highest BCUT2D eigenvalue weighted by Gasteiger charge is 2.26. The van der Waals surface area contributed by atoms with Gasteiger partial charge in [-0.2, -0.15) is 0 Å². The summed E-state index contributed by atoms with van der Waals surface area (Å²) >= 11 is 0. The first kappa shape index (κ1) is 20.8. The van der Waals surface area contributed by atoms with E-state index >= 15 is 0 Å². The van der Waals surface area contributed by atoms with Crippen LogP contribution in [0.5, 0.6) is 0 Å². The molecule has 3 atom stereocenters. The Morgan fingerprint density at radius 3 is 2.37 bits per heavy atom. The van der Waals surface area contributed by atoms with Gasteiger partial charge in [-0.1, -0.05) is 6.92 Å². The Labute approximate surface area is 156 Å². The van der Waals surface area contributed by atoms with Crippen molar-refractivity contribution in [2.45, 2.75) is 45.1 Å². The molecule has 9 heteroatoms. The van der Waals surface area contributed by atoms with E-state index in [1.807, 2.05) is 25.9 Å². The van der Waals surface area contributed by atoms with E-state index in [1.165, 1.54) is 0 Å². The van der Waals surface area contributed by atoms with Crippen LogP contribution in [0.15, 0.2) is 16.9 Å². The number of benzene rings is 1. The van der Waals surface area contributed by atoms with Crippen molar-refractivity contribution in [1.82, 2.24) is 9.55 Å². The van der Waals surface area contributed by atoms with Crippen LogP contribution < -0.4 is 10.5 Å². The normalized spacial score (nSPS) is 14.8. The van der Waals surface area contributed by atoms with E-state index in [2.05, 4.69) is 4.98 Å². The first-order valence-electron chi connectivity index (χ1n) is 8.58. The summed E-state index contributed by atoms with van der Waals surface area (Å²) < 4.78 is 1.08. The van der Waals surface area contributed by atoms with Gasteiger partial charge in [0.25, 0.3) is 5.56 Å². The molecule has 0 saturated heterocycles. The second kappa shape index (κ2) is 8.03. The van der Waals surface area contributed by atoms with Gasteiger partial charge in [0.2, 0.25) is 5.69 Å². The molecule has 9 nitrogen and oxygen atoms in total. The number of rotatable bonds is 7. The van der Waals surface area contributed by atoms with Crippen LogP contribution in [-0.4, -0.2) is 68.4 Å². The number of hydrogen-bond acceptors (Lipinski definition) is 7. The summed E-state index contributed by atoms with van der Waals surface area (Å²) in [6.45, 7) is 3.10. The molecule has 0 amide bonds. The van der Waals surface area contributed by atoms with Gasteiger partial charge in [0.05, 0.1) is 23.7 Å². The molecule has 1 heterocycles. The van der Waals surface area contributed by atoms with Gasteiger partial charge in [0, 0.05) is 19.8 Å². The molecule has 1 aromatic carbocycles. The lowest BCUT2D eigenvalue weighted by Crippen LogP contribution is -2.42. The molecule has 0 spiro atoms. The number of carboxylic acids is 1. The highest BCUT2D eigenvalue weighted by molar-refractivity contribution is 5.89. The minimum Gasteiger partial charge on any atom is -0.476 e. The Hall–Kier alpha value is -2.49. The van der Waals surface area contributed by atoms with E-state index in [0.29, 0.717) is 5.52 Å². The minimum absolute atomic E-state index is 0.217. The lowest BCUT2D eigenvalue weighted by molar-refractivity contribution is -0.0651. The van der Waals surface area contributed by atoms with Crippen molar-refractivity contribution in [2.75, 3.05) is 19.0 Å². The molecule has 0 aliphatic rings. The van der Waals surface area contributed by atoms with Crippen molar-refractivity contribution in [3.05, 3.63) is 33.7 Å². The molecule has 3 unspecified atom stereocenters. The quantitative estimate of drug-likeness (QED) is 0.526. The fourth-order valence-electron chi connectivity index (χ4n) is 2.98. The third-order valence-electron chi connectivity index (χ3n) is 4.52. The van der Waals surface area contributed by atoms with Gasteiger partial charge in [-0.05, 0) is 31.0 Å². The maximum absolute atomic E-state index is 12.6. The van der Waals surface area contributed by atoms with Crippen LogP contribution >= 0.6 is 0 Å². The molecule has 0 radical (unpaired) electrons. The smallest absolute Gasteiger partial charge is 0.360 e. The maximum Gasteiger partial charge on any atom is 0.360 e. The number of aliphatic hydroxyl groups is 3. The van der Waals surface area contributed by atoms with Gasteiger partial charge in [-0.15, -0.1) is 0 Å². The van der Waals surface area contributed by atoms with Crippen molar-refractivity contribution < 1.29 is 25.2 Å². The fourth-order valence-corrected chi connectivity index (χ4v) is 2.98. The Balaban J connectivity index is 2.70. The monoisotopic (exact) mass is 379 g/mol. The van der Waals surface area contributed by atoms with Gasteiger partial charge in [-0.25, -0.2) is 9.78 Å². The average Bonchev–Trinajstić information content (AvgIpc) is 2.61. The van der Waals surface area contributed by atoms with Crippen LogP contribution in [0.2, 0.25) is 0 Å². The summed E-state index contributed by atoms with van der Waals surface area (Å²) in [6.07, 6.45) is -3.89. The predicted octanol–water partition coefficient (Wildman–Crippen LogP) is -0.0382. The van der Waals surface area contributed by atoms with E-state index < -0.39 is 35.5 Å². The summed E-state index contributed by atoms with van der Waals surface area (Å²) in [5.74, 6) is -1.48. The molecule has 27 heavy (non-hydrogen) atoms. The van der Waals surface area contributed by atoms with Gasteiger partial charge >= 0.3 is 5.97 Å². The number of hydrogen-bond donors (Lipinski definition) is 4. The summed E-state index contributed by atoms with van der Waals surface area (Å²) in [5, 5.41) is 39.3. The number of carboxylic acid groups (broad SMARTS) is 1. The third-order valence-corrected chi connectivity index (χ3v) is 4.52. The molecule has 0 saturated carbocycles. The SMILES string of the molecule is CCC(O)C(O)C(O)Cn1c(=O)c(C(=O)O)nc2cc(C)c(N(C)C)cc21. The molecule has 0 fully saturated rings. The molecule has 4 N–H and O–H groups in total. The molecule has 148 valence electrons. The molecule has 1 aromatic heterocycles. The van der Waals surface area contributed by atoms with Gasteiger partial charge in [0.1, 0.15) is 12.2 Å². The van der Waals surface area contributed by atoms with E-state index in [9.17, 15) is 30.0 Å². The number of aliphatic hydroxyl groups excluding tert-OH is 3. The lowest BCUT2D eigenvalue weighted by Gasteiger charge is -2.24. The molecule has 0 aliphatic heterocycles. The summed E-state index contributed by atoms with van der Waals surface area (Å²) in [5.41, 5.74) is 0.690. The van der Waals surface area contributed by atoms with Gasteiger partial charge in [0.15, 0.2) is 0 Å². The first-order chi connectivity index (χ1) is 12.6.